The van der Waals surface area contributed by atoms with Crippen LogP contribution in [0.15, 0.2) is 42.5 Å². The average molecular weight is 395 g/mol. The smallest absolute Gasteiger partial charge is 0.229 e. The summed E-state index contributed by atoms with van der Waals surface area (Å²) in [5, 5.41) is 3.12. The number of aryl methyl sites for hydroxylation is 2. The Bertz CT molecular complexity index is 856. The molecule has 2 aromatic carbocycles. The molecule has 1 aliphatic rings. The number of nitrogens with one attached hydrogen (secondary N) is 1. The van der Waals surface area contributed by atoms with Gasteiger partial charge in [0.25, 0.3) is 0 Å². The van der Waals surface area contributed by atoms with E-state index in [0.717, 1.165) is 47.4 Å². The van der Waals surface area contributed by atoms with Gasteiger partial charge in [0.2, 0.25) is 11.8 Å². The first-order valence-corrected chi connectivity index (χ1v) is 10.4. The summed E-state index contributed by atoms with van der Waals surface area (Å²) in [6, 6.07) is 14.0. The summed E-state index contributed by atoms with van der Waals surface area (Å²) in [6.07, 6.45) is 2.75. The molecule has 1 heterocycles. The first kappa shape index (κ1) is 20.9. The summed E-state index contributed by atoms with van der Waals surface area (Å²) >= 11 is 0. The van der Waals surface area contributed by atoms with Crippen molar-refractivity contribution in [1.29, 1.82) is 0 Å². The van der Waals surface area contributed by atoms with E-state index in [1.54, 1.807) is 12.0 Å². The minimum atomic E-state index is -0.303. The highest BCUT2D eigenvalue weighted by Gasteiger charge is 2.34. The van der Waals surface area contributed by atoms with Crippen molar-refractivity contribution in [3.05, 3.63) is 59.2 Å². The number of para-hydroxylation sites is 1. The normalized spacial score (nSPS) is 16.2. The van der Waals surface area contributed by atoms with Gasteiger partial charge in [-0.25, -0.2) is 0 Å². The Morgan fingerprint density at radius 3 is 2.48 bits per heavy atom. The molecule has 5 heteroatoms. The van der Waals surface area contributed by atoms with Crippen LogP contribution in [0.4, 0.5) is 5.69 Å². The number of hydrogen-bond donors (Lipinski definition) is 1. The van der Waals surface area contributed by atoms with Crippen molar-refractivity contribution in [1.82, 2.24) is 4.90 Å². The van der Waals surface area contributed by atoms with E-state index in [0.29, 0.717) is 13.1 Å². The second-order valence-corrected chi connectivity index (χ2v) is 7.49. The minimum absolute atomic E-state index is 0.0486. The van der Waals surface area contributed by atoms with Crippen LogP contribution < -0.4 is 10.1 Å². The number of likely N-dealkylation sites (tertiary alicyclic amines) is 1. The Kier molecular flexibility index (Phi) is 6.91. The molecule has 0 aliphatic carbocycles. The van der Waals surface area contributed by atoms with Gasteiger partial charge in [-0.2, -0.15) is 0 Å². The predicted octanol–water partition coefficient (Wildman–Crippen LogP) is 3.85. The van der Waals surface area contributed by atoms with Gasteiger partial charge in [0, 0.05) is 25.2 Å². The second-order valence-electron chi connectivity index (χ2n) is 7.49. The van der Waals surface area contributed by atoms with Crippen molar-refractivity contribution in [2.75, 3.05) is 25.5 Å². The molecule has 1 unspecified atom stereocenters. The molecule has 0 saturated carbocycles. The molecule has 29 heavy (non-hydrogen) atoms. The minimum Gasteiger partial charge on any atom is -0.497 e. The fourth-order valence-corrected chi connectivity index (χ4v) is 3.88. The monoisotopic (exact) mass is 394 g/mol. The van der Waals surface area contributed by atoms with E-state index in [1.807, 2.05) is 30.3 Å². The molecule has 0 bridgehead atoms. The van der Waals surface area contributed by atoms with Crippen LogP contribution in [0.3, 0.4) is 0 Å². The van der Waals surface area contributed by atoms with Gasteiger partial charge in [-0.05, 0) is 48.1 Å². The summed E-state index contributed by atoms with van der Waals surface area (Å²) in [5.74, 6) is 0.501. The highest BCUT2D eigenvalue weighted by atomic mass is 16.5. The van der Waals surface area contributed by atoms with E-state index >= 15 is 0 Å². The molecule has 0 spiro atoms. The fraction of sp³-hybridized carbons (Fsp3) is 0.417. The highest BCUT2D eigenvalue weighted by Crippen LogP contribution is 2.26. The standard InChI is InChI=1S/C24H30N2O3/c1-4-18-9-7-10-19(5-2)23(18)25-24(28)20-15-22(27)26(16-20)13-12-17-8-6-11-21(14-17)29-3/h6-11,14,20H,4-5,12-13,15-16H2,1-3H3,(H,25,28). The van der Waals surface area contributed by atoms with Crippen molar-refractivity contribution in [2.45, 2.75) is 39.5 Å². The lowest BCUT2D eigenvalue weighted by Gasteiger charge is -2.18. The summed E-state index contributed by atoms with van der Waals surface area (Å²) in [7, 11) is 1.65. The number of carbonyl (C=O) groups is 2. The van der Waals surface area contributed by atoms with Crippen molar-refractivity contribution in [3.63, 3.8) is 0 Å². The van der Waals surface area contributed by atoms with Crippen LogP contribution in [0.2, 0.25) is 0 Å². The van der Waals surface area contributed by atoms with E-state index in [2.05, 4.69) is 31.3 Å². The maximum atomic E-state index is 12.9. The SMILES string of the molecule is CCc1cccc(CC)c1NC(=O)C1CC(=O)N(CCc2cccc(OC)c2)C1. The van der Waals surface area contributed by atoms with Gasteiger partial charge < -0.3 is 15.0 Å². The zero-order chi connectivity index (χ0) is 20.8. The third kappa shape index (κ3) is 4.97. The molecule has 0 aromatic heterocycles. The molecule has 1 atom stereocenters. The van der Waals surface area contributed by atoms with E-state index < -0.39 is 0 Å². The van der Waals surface area contributed by atoms with Gasteiger partial charge in [0.05, 0.1) is 13.0 Å². The lowest BCUT2D eigenvalue weighted by Crippen LogP contribution is -2.30. The van der Waals surface area contributed by atoms with Gasteiger partial charge in [-0.1, -0.05) is 44.2 Å². The molecule has 0 radical (unpaired) electrons. The molecular formula is C24H30N2O3. The highest BCUT2D eigenvalue weighted by molar-refractivity contribution is 5.98. The third-order valence-corrected chi connectivity index (χ3v) is 5.64. The van der Waals surface area contributed by atoms with Crippen molar-refractivity contribution in [3.8, 4) is 5.75 Å². The topological polar surface area (TPSA) is 58.6 Å². The summed E-state index contributed by atoms with van der Waals surface area (Å²) in [4.78, 5) is 27.1. The molecule has 2 aromatic rings. The first-order chi connectivity index (χ1) is 14.0. The lowest BCUT2D eigenvalue weighted by atomic mass is 10.0. The van der Waals surface area contributed by atoms with E-state index in [-0.39, 0.29) is 24.2 Å². The van der Waals surface area contributed by atoms with Crippen molar-refractivity contribution < 1.29 is 14.3 Å². The number of anilines is 1. The molecular weight excluding hydrogens is 364 g/mol. The Morgan fingerprint density at radius 2 is 1.83 bits per heavy atom. The summed E-state index contributed by atoms with van der Waals surface area (Å²) < 4.78 is 5.26. The molecule has 2 amide bonds. The van der Waals surface area contributed by atoms with Gasteiger partial charge in [-0.3, -0.25) is 9.59 Å². The molecule has 154 valence electrons. The summed E-state index contributed by atoms with van der Waals surface area (Å²) in [6.45, 7) is 5.26. The number of methoxy groups -OCH3 is 1. The van der Waals surface area contributed by atoms with Crippen LogP contribution in [-0.4, -0.2) is 36.9 Å². The molecule has 1 N–H and O–H groups in total. The second kappa shape index (κ2) is 9.59. The zero-order valence-electron chi connectivity index (χ0n) is 17.5. The maximum Gasteiger partial charge on any atom is 0.229 e. The van der Waals surface area contributed by atoms with Gasteiger partial charge in [0.15, 0.2) is 0 Å². The van der Waals surface area contributed by atoms with Crippen LogP contribution in [0.1, 0.15) is 37.0 Å². The molecule has 1 fully saturated rings. The number of ether oxygens (including phenoxy) is 1. The molecule has 1 aliphatic heterocycles. The van der Waals surface area contributed by atoms with Gasteiger partial charge in [-0.15, -0.1) is 0 Å². The largest absolute Gasteiger partial charge is 0.497 e. The predicted molar refractivity (Wildman–Crippen MR) is 115 cm³/mol. The number of amides is 2. The third-order valence-electron chi connectivity index (χ3n) is 5.64. The number of carbonyl (C=O) groups excluding carboxylic acids is 2. The summed E-state index contributed by atoms with van der Waals surface area (Å²) in [5.41, 5.74) is 4.31. The Labute approximate surface area is 173 Å². The molecule has 1 saturated heterocycles. The Hall–Kier alpha value is -2.82. The van der Waals surface area contributed by atoms with Crippen LogP contribution in [-0.2, 0) is 28.9 Å². The Balaban J connectivity index is 1.62. The van der Waals surface area contributed by atoms with E-state index in [1.165, 1.54) is 0 Å². The van der Waals surface area contributed by atoms with Gasteiger partial charge >= 0.3 is 0 Å². The average Bonchev–Trinajstić information content (AvgIpc) is 3.13. The van der Waals surface area contributed by atoms with Crippen LogP contribution in [0.25, 0.3) is 0 Å². The van der Waals surface area contributed by atoms with Crippen molar-refractivity contribution >= 4 is 17.5 Å². The zero-order valence-corrected chi connectivity index (χ0v) is 17.5. The molecule has 5 nitrogen and oxygen atoms in total. The fourth-order valence-electron chi connectivity index (χ4n) is 3.88. The molecule has 3 rings (SSSR count). The van der Waals surface area contributed by atoms with Crippen LogP contribution in [0.5, 0.6) is 5.75 Å². The van der Waals surface area contributed by atoms with Crippen molar-refractivity contribution in [2.24, 2.45) is 5.92 Å². The quantitative estimate of drug-likeness (QED) is 0.740. The van der Waals surface area contributed by atoms with Crippen LogP contribution >= 0.6 is 0 Å². The number of hydrogen-bond acceptors (Lipinski definition) is 3. The lowest BCUT2D eigenvalue weighted by molar-refractivity contribution is -0.128. The number of benzene rings is 2. The van der Waals surface area contributed by atoms with E-state index in [9.17, 15) is 9.59 Å². The van der Waals surface area contributed by atoms with Gasteiger partial charge in [0.1, 0.15) is 5.75 Å². The number of rotatable bonds is 8. The van der Waals surface area contributed by atoms with E-state index in [4.69, 9.17) is 4.74 Å². The number of nitrogens with zero attached hydrogens (tertiary/aromatic N) is 1. The Morgan fingerprint density at radius 1 is 1.14 bits per heavy atom. The first-order valence-electron chi connectivity index (χ1n) is 10.4. The maximum absolute atomic E-state index is 12.9. The van der Waals surface area contributed by atoms with Crippen LogP contribution in [0, 0.1) is 5.92 Å².